The molecular weight excluding hydrogens is 232 g/mol. The minimum atomic E-state index is -0.526. The molecule has 1 nitrogen and oxygen atoms in total. The Morgan fingerprint density at radius 2 is 1.95 bits per heavy atom. The van der Waals surface area contributed by atoms with Crippen molar-refractivity contribution in [3.63, 3.8) is 0 Å². The van der Waals surface area contributed by atoms with E-state index in [1.54, 1.807) is 0 Å². The molecule has 0 unspecified atom stereocenters. The molecule has 2 atom stereocenters. The smallest absolute Gasteiger partial charge is 0.115 e. The summed E-state index contributed by atoms with van der Waals surface area (Å²) in [6.07, 6.45) is 4.66. The van der Waals surface area contributed by atoms with Crippen molar-refractivity contribution in [1.29, 1.82) is 0 Å². The van der Waals surface area contributed by atoms with Crippen molar-refractivity contribution >= 4 is 0 Å². The first kappa shape index (κ1) is 15.5. The second-order valence-electron chi connectivity index (χ2n) is 5.35. The highest BCUT2D eigenvalue weighted by atomic mass is 16.3. The summed E-state index contributed by atoms with van der Waals surface area (Å²) in [5, 5.41) is 9.90. The number of rotatable bonds is 5. The van der Waals surface area contributed by atoms with Gasteiger partial charge in [-0.3, -0.25) is 0 Å². The van der Waals surface area contributed by atoms with Crippen LogP contribution >= 0.6 is 0 Å². The van der Waals surface area contributed by atoms with Crippen LogP contribution in [0.2, 0.25) is 0 Å². The standard InChI is InChI=1S/C18H24O/c1-15(2)8-7-9-16(3)14-18(19)13-12-17-10-5-4-6-11-17/h4-6,8,10-11,16,18-19H,7,9,14H2,1-3H3/t16-,18-/m1/s1. The summed E-state index contributed by atoms with van der Waals surface area (Å²) in [7, 11) is 0. The van der Waals surface area contributed by atoms with E-state index in [9.17, 15) is 5.11 Å². The van der Waals surface area contributed by atoms with Crippen molar-refractivity contribution in [2.75, 3.05) is 0 Å². The van der Waals surface area contributed by atoms with Gasteiger partial charge in [0, 0.05) is 5.56 Å². The maximum absolute atomic E-state index is 9.90. The zero-order valence-corrected chi connectivity index (χ0v) is 12.2. The van der Waals surface area contributed by atoms with Crippen molar-refractivity contribution in [2.24, 2.45) is 5.92 Å². The van der Waals surface area contributed by atoms with Crippen LogP contribution < -0.4 is 0 Å². The Hall–Kier alpha value is -1.52. The van der Waals surface area contributed by atoms with Crippen LogP contribution in [0.5, 0.6) is 0 Å². The molecule has 1 heteroatoms. The third-order valence-electron chi connectivity index (χ3n) is 2.99. The van der Waals surface area contributed by atoms with Gasteiger partial charge >= 0.3 is 0 Å². The average molecular weight is 256 g/mol. The number of hydrogen-bond acceptors (Lipinski definition) is 1. The van der Waals surface area contributed by atoms with E-state index in [1.807, 2.05) is 30.3 Å². The van der Waals surface area contributed by atoms with Gasteiger partial charge in [-0.1, -0.05) is 48.6 Å². The summed E-state index contributed by atoms with van der Waals surface area (Å²) in [5.74, 6) is 6.43. The van der Waals surface area contributed by atoms with Crippen molar-refractivity contribution in [1.82, 2.24) is 0 Å². The Kier molecular flexibility index (Phi) is 7.00. The number of aliphatic hydroxyl groups is 1. The van der Waals surface area contributed by atoms with Crippen LogP contribution in [0.1, 0.15) is 45.6 Å². The summed E-state index contributed by atoms with van der Waals surface area (Å²) in [5.41, 5.74) is 2.32. The van der Waals surface area contributed by atoms with Crippen LogP contribution in [0.4, 0.5) is 0 Å². The number of benzene rings is 1. The van der Waals surface area contributed by atoms with Gasteiger partial charge in [0.05, 0.1) is 0 Å². The molecule has 0 saturated carbocycles. The number of allylic oxidation sites excluding steroid dienone is 2. The molecule has 1 aromatic rings. The van der Waals surface area contributed by atoms with Crippen LogP contribution in [0, 0.1) is 17.8 Å². The molecule has 1 aromatic carbocycles. The molecular formula is C18H24O. The normalized spacial score (nSPS) is 13.1. The van der Waals surface area contributed by atoms with E-state index >= 15 is 0 Å². The lowest BCUT2D eigenvalue weighted by Gasteiger charge is -2.11. The highest BCUT2D eigenvalue weighted by Crippen LogP contribution is 2.14. The van der Waals surface area contributed by atoms with E-state index in [0.717, 1.165) is 24.8 Å². The highest BCUT2D eigenvalue weighted by molar-refractivity contribution is 5.34. The van der Waals surface area contributed by atoms with Gasteiger partial charge in [0.25, 0.3) is 0 Å². The lowest BCUT2D eigenvalue weighted by atomic mass is 9.98. The van der Waals surface area contributed by atoms with Gasteiger partial charge in [-0.25, -0.2) is 0 Å². The Morgan fingerprint density at radius 3 is 2.58 bits per heavy atom. The predicted octanol–water partition coefficient (Wildman–Crippen LogP) is 4.17. The van der Waals surface area contributed by atoms with E-state index in [0.29, 0.717) is 5.92 Å². The molecule has 0 aliphatic rings. The van der Waals surface area contributed by atoms with Crippen molar-refractivity contribution in [3.05, 3.63) is 47.5 Å². The summed E-state index contributed by atoms with van der Waals surface area (Å²) < 4.78 is 0. The molecule has 0 aliphatic carbocycles. The quantitative estimate of drug-likeness (QED) is 0.619. The topological polar surface area (TPSA) is 20.2 Å². The molecule has 0 aromatic heterocycles. The van der Waals surface area contributed by atoms with E-state index in [-0.39, 0.29) is 0 Å². The number of hydrogen-bond donors (Lipinski definition) is 1. The molecule has 0 bridgehead atoms. The summed E-state index contributed by atoms with van der Waals surface area (Å²) in [4.78, 5) is 0. The van der Waals surface area contributed by atoms with Crippen molar-refractivity contribution < 1.29 is 5.11 Å². The maximum atomic E-state index is 9.90. The van der Waals surface area contributed by atoms with Gasteiger partial charge in [0.15, 0.2) is 0 Å². The van der Waals surface area contributed by atoms with Gasteiger partial charge < -0.3 is 5.11 Å². The predicted molar refractivity (Wildman–Crippen MR) is 81.8 cm³/mol. The molecule has 1 rings (SSSR count). The molecule has 0 saturated heterocycles. The lowest BCUT2D eigenvalue weighted by Crippen LogP contribution is -2.09. The second kappa shape index (κ2) is 8.56. The molecule has 1 N–H and O–H groups in total. The van der Waals surface area contributed by atoms with Crippen molar-refractivity contribution in [3.8, 4) is 11.8 Å². The van der Waals surface area contributed by atoms with Crippen molar-refractivity contribution in [2.45, 2.75) is 46.1 Å². The number of aliphatic hydroxyl groups excluding tert-OH is 1. The van der Waals surface area contributed by atoms with Gasteiger partial charge in [-0.2, -0.15) is 0 Å². The van der Waals surface area contributed by atoms with E-state index in [4.69, 9.17) is 0 Å². The van der Waals surface area contributed by atoms with E-state index in [2.05, 4.69) is 38.7 Å². The molecule has 0 spiro atoms. The SMILES string of the molecule is CC(C)=CCC[C@@H](C)C[C@H](O)C#Cc1ccccc1. The molecule has 102 valence electrons. The molecule has 0 aliphatic heterocycles. The monoisotopic (exact) mass is 256 g/mol. The van der Waals surface area contributed by atoms with Gasteiger partial charge in [0.1, 0.15) is 6.10 Å². The van der Waals surface area contributed by atoms with E-state index < -0.39 is 6.10 Å². The molecule has 0 radical (unpaired) electrons. The van der Waals surface area contributed by atoms with Crippen LogP contribution in [0.3, 0.4) is 0 Å². The van der Waals surface area contributed by atoms with Crippen LogP contribution in [0.15, 0.2) is 42.0 Å². The Morgan fingerprint density at radius 1 is 1.26 bits per heavy atom. The van der Waals surface area contributed by atoms with Gasteiger partial charge in [-0.15, -0.1) is 0 Å². The fraction of sp³-hybridized carbons (Fsp3) is 0.444. The molecule has 0 amide bonds. The highest BCUT2D eigenvalue weighted by Gasteiger charge is 2.07. The zero-order valence-electron chi connectivity index (χ0n) is 12.2. The minimum absolute atomic E-state index is 0.496. The summed E-state index contributed by atoms with van der Waals surface area (Å²) in [6.45, 7) is 6.40. The molecule has 19 heavy (non-hydrogen) atoms. The third-order valence-corrected chi connectivity index (χ3v) is 2.99. The first-order valence-corrected chi connectivity index (χ1v) is 6.96. The first-order chi connectivity index (χ1) is 9.08. The fourth-order valence-electron chi connectivity index (χ4n) is 1.90. The fourth-order valence-corrected chi connectivity index (χ4v) is 1.90. The lowest BCUT2D eigenvalue weighted by molar-refractivity contribution is 0.197. The largest absolute Gasteiger partial charge is 0.380 e. The summed E-state index contributed by atoms with van der Waals surface area (Å²) in [6, 6.07) is 9.79. The second-order valence-corrected chi connectivity index (χ2v) is 5.35. The Bertz CT molecular complexity index is 444. The Labute approximate surface area is 117 Å². The summed E-state index contributed by atoms with van der Waals surface area (Å²) >= 11 is 0. The van der Waals surface area contributed by atoms with Gasteiger partial charge in [0.2, 0.25) is 0 Å². The molecule has 0 heterocycles. The third kappa shape index (κ3) is 7.49. The maximum Gasteiger partial charge on any atom is 0.115 e. The van der Waals surface area contributed by atoms with Crippen LogP contribution in [0.25, 0.3) is 0 Å². The van der Waals surface area contributed by atoms with Crippen LogP contribution in [-0.4, -0.2) is 11.2 Å². The first-order valence-electron chi connectivity index (χ1n) is 6.96. The van der Waals surface area contributed by atoms with E-state index in [1.165, 1.54) is 5.57 Å². The minimum Gasteiger partial charge on any atom is -0.380 e. The van der Waals surface area contributed by atoms with Crippen LogP contribution in [-0.2, 0) is 0 Å². The Balaban J connectivity index is 2.37. The van der Waals surface area contributed by atoms with Gasteiger partial charge in [-0.05, 0) is 51.2 Å². The average Bonchev–Trinajstić information content (AvgIpc) is 2.37. The zero-order chi connectivity index (χ0) is 14.1. The molecule has 0 fully saturated rings.